The number of amides is 1. The van der Waals surface area contributed by atoms with Crippen LogP contribution in [0.1, 0.15) is 18.7 Å². The van der Waals surface area contributed by atoms with Gasteiger partial charge in [0.25, 0.3) is 5.91 Å². The Balaban J connectivity index is 1.98. The molecule has 0 atom stereocenters. The molecule has 1 aliphatic heterocycles. The van der Waals surface area contributed by atoms with Crippen molar-refractivity contribution in [3.63, 3.8) is 0 Å². The lowest BCUT2D eigenvalue weighted by molar-refractivity contribution is -0.392. The first-order valence-electron chi connectivity index (χ1n) is 6.96. The van der Waals surface area contributed by atoms with E-state index in [1.807, 2.05) is 0 Å². The maximum absolute atomic E-state index is 12.3. The molecule has 2 heterocycles. The number of carbonyl (C=O) groups is 2. The summed E-state index contributed by atoms with van der Waals surface area (Å²) in [5.74, 6) is -0.432. The van der Waals surface area contributed by atoms with Crippen molar-refractivity contribution >= 4 is 17.7 Å². The third-order valence-electron chi connectivity index (χ3n) is 3.90. The van der Waals surface area contributed by atoms with E-state index in [4.69, 9.17) is 4.74 Å². The Bertz CT molecular complexity index is 589. The predicted octanol–water partition coefficient (Wildman–Crippen LogP) is 0.511. The van der Waals surface area contributed by atoms with Gasteiger partial charge in [0.1, 0.15) is 6.20 Å². The summed E-state index contributed by atoms with van der Waals surface area (Å²) in [7, 11) is 1.35. The molecular formula is C13H18N4O5. The van der Waals surface area contributed by atoms with E-state index in [1.165, 1.54) is 11.7 Å². The van der Waals surface area contributed by atoms with Crippen LogP contribution in [0.25, 0.3) is 0 Å². The van der Waals surface area contributed by atoms with Gasteiger partial charge in [0, 0.05) is 20.0 Å². The van der Waals surface area contributed by atoms with Crippen LogP contribution >= 0.6 is 0 Å². The van der Waals surface area contributed by atoms with Gasteiger partial charge in [0.2, 0.25) is 0 Å². The van der Waals surface area contributed by atoms with Crippen LogP contribution in [0.2, 0.25) is 0 Å². The van der Waals surface area contributed by atoms with E-state index in [0.717, 1.165) is 6.20 Å². The Hall–Kier alpha value is -2.45. The summed E-state index contributed by atoms with van der Waals surface area (Å²) in [6.45, 7) is 2.38. The zero-order valence-corrected chi connectivity index (χ0v) is 12.5. The van der Waals surface area contributed by atoms with E-state index in [0.29, 0.717) is 31.8 Å². The van der Waals surface area contributed by atoms with Gasteiger partial charge in [-0.2, -0.15) is 0 Å². The molecule has 9 nitrogen and oxygen atoms in total. The highest BCUT2D eigenvalue weighted by Crippen LogP contribution is 2.20. The molecule has 0 N–H and O–H groups in total. The summed E-state index contributed by atoms with van der Waals surface area (Å²) in [4.78, 5) is 39.6. The number of nitro groups is 1. The average Bonchev–Trinajstić information content (AvgIpc) is 2.88. The Labute approximate surface area is 127 Å². The van der Waals surface area contributed by atoms with E-state index in [9.17, 15) is 19.7 Å². The van der Waals surface area contributed by atoms with Crippen LogP contribution < -0.4 is 0 Å². The van der Waals surface area contributed by atoms with Crippen LogP contribution in [0.3, 0.4) is 0 Å². The molecule has 1 fully saturated rings. The lowest BCUT2D eigenvalue weighted by Crippen LogP contribution is -2.42. The minimum absolute atomic E-state index is 0.120. The number of likely N-dealkylation sites (tertiary alicyclic amines) is 1. The second-order valence-corrected chi connectivity index (χ2v) is 5.19. The largest absolute Gasteiger partial charge is 0.469 e. The lowest BCUT2D eigenvalue weighted by atomic mass is 9.97. The number of nitrogens with zero attached hydrogens (tertiary/aromatic N) is 4. The normalized spacial score (nSPS) is 15.6. The van der Waals surface area contributed by atoms with Crippen molar-refractivity contribution < 1.29 is 19.2 Å². The monoisotopic (exact) mass is 310 g/mol. The van der Waals surface area contributed by atoms with Crippen molar-refractivity contribution in [1.29, 1.82) is 0 Å². The van der Waals surface area contributed by atoms with Crippen LogP contribution in [0.4, 0.5) is 5.82 Å². The van der Waals surface area contributed by atoms with E-state index in [-0.39, 0.29) is 30.2 Å². The Morgan fingerprint density at radius 1 is 1.45 bits per heavy atom. The fraction of sp³-hybridized carbons (Fsp3) is 0.615. The molecule has 9 heteroatoms. The molecule has 1 amide bonds. The number of esters is 1. The molecule has 0 aliphatic carbocycles. The number of ether oxygens (including phenoxy) is 1. The third kappa shape index (κ3) is 3.23. The molecule has 0 radical (unpaired) electrons. The van der Waals surface area contributed by atoms with Gasteiger partial charge in [-0.1, -0.05) is 0 Å². The second-order valence-electron chi connectivity index (χ2n) is 5.19. The number of aromatic nitrogens is 2. The molecule has 1 aromatic heterocycles. The van der Waals surface area contributed by atoms with Gasteiger partial charge in [0.05, 0.1) is 13.0 Å². The van der Waals surface area contributed by atoms with Crippen LogP contribution in [0.5, 0.6) is 0 Å². The fourth-order valence-corrected chi connectivity index (χ4v) is 2.56. The maximum atomic E-state index is 12.3. The average molecular weight is 310 g/mol. The van der Waals surface area contributed by atoms with Crippen LogP contribution in [-0.4, -0.2) is 51.5 Å². The number of rotatable bonds is 4. The molecule has 0 spiro atoms. The lowest BCUT2D eigenvalue weighted by Gasteiger charge is -2.30. The number of piperidine rings is 1. The summed E-state index contributed by atoms with van der Waals surface area (Å²) in [6, 6.07) is 0. The Morgan fingerprint density at radius 3 is 2.64 bits per heavy atom. The van der Waals surface area contributed by atoms with Gasteiger partial charge in [-0.25, -0.2) is 9.55 Å². The third-order valence-corrected chi connectivity index (χ3v) is 3.90. The predicted molar refractivity (Wildman–Crippen MR) is 74.9 cm³/mol. The highest BCUT2D eigenvalue weighted by molar-refractivity contribution is 5.77. The minimum atomic E-state index is -0.559. The molecule has 0 saturated carbocycles. The molecule has 1 aromatic rings. The zero-order chi connectivity index (χ0) is 16.3. The molecule has 2 rings (SSSR count). The maximum Gasteiger partial charge on any atom is 0.343 e. The first-order chi connectivity index (χ1) is 10.4. The fourth-order valence-electron chi connectivity index (χ4n) is 2.56. The minimum Gasteiger partial charge on any atom is -0.469 e. The number of hydrogen-bond donors (Lipinski definition) is 0. The molecule has 22 heavy (non-hydrogen) atoms. The van der Waals surface area contributed by atoms with E-state index < -0.39 is 4.92 Å². The zero-order valence-electron chi connectivity index (χ0n) is 12.5. The molecule has 120 valence electrons. The van der Waals surface area contributed by atoms with Gasteiger partial charge >= 0.3 is 11.8 Å². The van der Waals surface area contributed by atoms with E-state index in [1.54, 1.807) is 11.8 Å². The van der Waals surface area contributed by atoms with Crippen molar-refractivity contribution in [2.75, 3.05) is 20.2 Å². The second kappa shape index (κ2) is 6.54. The molecular weight excluding hydrogens is 292 g/mol. The van der Waals surface area contributed by atoms with E-state index in [2.05, 4.69) is 4.98 Å². The number of carbonyl (C=O) groups excluding carboxylic acids is 2. The standard InChI is InChI=1S/C13H18N4O5/c1-9-14-7-11(17(20)21)16(9)8-12(18)15-5-3-10(4-6-15)13(19)22-2/h7,10H,3-6,8H2,1-2H3. The van der Waals surface area contributed by atoms with Gasteiger partial charge in [-0.15, -0.1) is 0 Å². The molecule has 0 aromatic carbocycles. The SMILES string of the molecule is COC(=O)C1CCN(C(=O)Cn2c([N+](=O)[O-])cnc2C)CC1. The highest BCUT2D eigenvalue weighted by atomic mass is 16.6. The van der Waals surface area contributed by atoms with Crippen molar-refractivity contribution in [1.82, 2.24) is 14.5 Å². The first kappa shape index (κ1) is 15.9. The van der Waals surface area contributed by atoms with Gasteiger partial charge in [0.15, 0.2) is 12.4 Å². The molecule has 1 saturated heterocycles. The van der Waals surface area contributed by atoms with Crippen LogP contribution in [0, 0.1) is 23.0 Å². The Kier molecular flexibility index (Phi) is 4.74. The van der Waals surface area contributed by atoms with Crippen molar-refractivity contribution in [2.45, 2.75) is 26.3 Å². The van der Waals surface area contributed by atoms with Crippen molar-refractivity contribution in [2.24, 2.45) is 5.92 Å². The van der Waals surface area contributed by atoms with Gasteiger partial charge in [-0.05, 0) is 17.8 Å². The van der Waals surface area contributed by atoms with E-state index >= 15 is 0 Å². The first-order valence-corrected chi connectivity index (χ1v) is 6.96. The topological polar surface area (TPSA) is 108 Å². The summed E-state index contributed by atoms with van der Waals surface area (Å²) < 4.78 is 5.99. The summed E-state index contributed by atoms with van der Waals surface area (Å²) in [5.41, 5.74) is 0. The molecule has 0 unspecified atom stereocenters. The number of methoxy groups -OCH3 is 1. The van der Waals surface area contributed by atoms with Crippen molar-refractivity contribution in [3.05, 3.63) is 22.1 Å². The summed E-state index contributed by atoms with van der Waals surface area (Å²) in [6.07, 6.45) is 2.24. The quantitative estimate of drug-likeness (QED) is 0.455. The molecule has 1 aliphatic rings. The summed E-state index contributed by atoms with van der Waals surface area (Å²) in [5, 5.41) is 10.9. The molecule has 0 bridgehead atoms. The number of aryl methyl sites for hydroxylation is 1. The van der Waals surface area contributed by atoms with Crippen LogP contribution in [0.15, 0.2) is 6.20 Å². The van der Waals surface area contributed by atoms with Crippen LogP contribution in [-0.2, 0) is 20.9 Å². The smallest absolute Gasteiger partial charge is 0.343 e. The summed E-state index contributed by atoms with van der Waals surface area (Å²) >= 11 is 0. The van der Waals surface area contributed by atoms with Gasteiger partial charge in [-0.3, -0.25) is 9.59 Å². The van der Waals surface area contributed by atoms with Gasteiger partial charge < -0.3 is 19.8 Å². The highest BCUT2D eigenvalue weighted by Gasteiger charge is 2.29. The number of imidazole rings is 1. The van der Waals surface area contributed by atoms with Crippen molar-refractivity contribution in [3.8, 4) is 0 Å². The number of hydrogen-bond acceptors (Lipinski definition) is 6. The Morgan fingerprint density at radius 2 is 2.09 bits per heavy atom.